The number of pyridine rings is 1. The summed E-state index contributed by atoms with van der Waals surface area (Å²) in [5, 5.41) is 11.2. The summed E-state index contributed by atoms with van der Waals surface area (Å²) in [6.07, 6.45) is 7.15. The number of nitrogens with one attached hydrogen (secondary N) is 1. The van der Waals surface area contributed by atoms with Gasteiger partial charge in [0.25, 0.3) is 5.56 Å². The fraction of sp³-hybridized carbons (Fsp3) is 0.0800. The van der Waals surface area contributed by atoms with Gasteiger partial charge in [-0.05, 0) is 23.8 Å². The SMILES string of the molecule is C=Cc1cn(CC(=O)c2ccoc2)c(=O)cc1-c1cc(NCc2ccc(Cl)s2)n(C(=O)c2ccno2)n1. The number of anilines is 1. The fourth-order valence-electron chi connectivity index (χ4n) is 3.62. The standard InChI is InChI=1S/C25H18ClN5O5S/c1-2-15-12-30(13-20(32)16-6-8-35-14-16)24(33)9-18(15)19-10-23(27-11-17-3-4-22(26)37-17)31(29-19)25(34)21-5-7-28-36-21/h2-10,12,14,27H,1,11,13H2. The van der Waals surface area contributed by atoms with Crippen LogP contribution >= 0.6 is 22.9 Å². The topological polar surface area (TPSA) is 125 Å². The van der Waals surface area contributed by atoms with Crippen molar-refractivity contribution >= 4 is 46.5 Å². The van der Waals surface area contributed by atoms with Crippen LogP contribution in [-0.2, 0) is 13.1 Å². The van der Waals surface area contributed by atoms with Crippen molar-refractivity contribution in [2.75, 3.05) is 5.32 Å². The first-order chi connectivity index (χ1) is 17.9. The molecule has 0 radical (unpaired) electrons. The molecule has 0 bridgehead atoms. The van der Waals surface area contributed by atoms with Crippen molar-refractivity contribution < 1.29 is 18.5 Å². The van der Waals surface area contributed by atoms with Crippen LogP contribution in [-0.4, -0.2) is 31.2 Å². The molecule has 0 atom stereocenters. The van der Waals surface area contributed by atoms with Crippen LogP contribution in [0.25, 0.3) is 17.3 Å². The first-order valence-electron chi connectivity index (χ1n) is 10.9. The van der Waals surface area contributed by atoms with Crippen molar-refractivity contribution in [1.29, 1.82) is 0 Å². The molecule has 1 N–H and O–H groups in total. The van der Waals surface area contributed by atoms with E-state index in [9.17, 15) is 14.4 Å². The quantitative estimate of drug-likeness (QED) is 0.266. The highest BCUT2D eigenvalue weighted by molar-refractivity contribution is 7.16. The molecular weight excluding hydrogens is 518 g/mol. The van der Waals surface area contributed by atoms with E-state index in [1.807, 2.05) is 6.07 Å². The van der Waals surface area contributed by atoms with Crippen molar-refractivity contribution in [2.45, 2.75) is 13.1 Å². The molecule has 186 valence electrons. The lowest BCUT2D eigenvalue weighted by Gasteiger charge is -2.09. The zero-order chi connectivity index (χ0) is 25.9. The predicted molar refractivity (Wildman–Crippen MR) is 138 cm³/mol. The van der Waals surface area contributed by atoms with Crippen molar-refractivity contribution in [2.24, 2.45) is 0 Å². The number of ketones is 1. The number of rotatable bonds is 9. The lowest BCUT2D eigenvalue weighted by Crippen LogP contribution is -2.24. The van der Waals surface area contributed by atoms with Gasteiger partial charge in [-0.15, -0.1) is 11.3 Å². The summed E-state index contributed by atoms with van der Waals surface area (Å²) in [6, 6.07) is 9.63. The van der Waals surface area contributed by atoms with Gasteiger partial charge in [0.15, 0.2) is 5.78 Å². The number of thiophene rings is 1. The summed E-state index contributed by atoms with van der Waals surface area (Å²) in [4.78, 5) is 39.4. The van der Waals surface area contributed by atoms with Crippen LogP contribution in [0.5, 0.6) is 0 Å². The van der Waals surface area contributed by atoms with Gasteiger partial charge in [-0.1, -0.05) is 29.4 Å². The molecule has 12 heteroatoms. The third-order valence-electron chi connectivity index (χ3n) is 5.43. The van der Waals surface area contributed by atoms with E-state index in [4.69, 9.17) is 20.5 Å². The Morgan fingerprint density at radius 2 is 2.08 bits per heavy atom. The smallest absolute Gasteiger partial charge is 0.318 e. The highest BCUT2D eigenvalue weighted by Crippen LogP contribution is 2.27. The molecule has 5 aromatic heterocycles. The minimum Gasteiger partial charge on any atom is -0.472 e. The highest BCUT2D eigenvalue weighted by atomic mass is 35.5. The molecule has 0 aliphatic carbocycles. The van der Waals surface area contributed by atoms with E-state index in [0.29, 0.717) is 39.1 Å². The molecule has 0 aliphatic rings. The van der Waals surface area contributed by atoms with Crippen molar-refractivity contribution in [1.82, 2.24) is 19.5 Å². The molecule has 5 rings (SSSR count). The van der Waals surface area contributed by atoms with Gasteiger partial charge < -0.3 is 18.8 Å². The average Bonchev–Trinajstić information content (AvgIpc) is 3.70. The molecule has 5 heterocycles. The maximum absolute atomic E-state index is 13.1. The molecule has 0 saturated heterocycles. The zero-order valence-electron chi connectivity index (χ0n) is 19.1. The normalized spacial score (nSPS) is 10.9. The van der Waals surface area contributed by atoms with E-state index in [0.717, 1.165) is 9.56 Å². The summed E-state index contributed by atoms with van der Waals surface area (Å²) in [6.45, 7) is 4.05. The van der Waals surface area contributed by atoms with Crippen LogP contribution < -0.4 is 10.9 Å². The highest BCUT2D eigenvalue weighted by Gasteiger charge is 2.22. The Morgan fingerprint density at radius 3 is 2.76 bits per heavy atom. The molecule has 10 nitrogen and oxygen atoms in total. The Labute approximate surface area is 218 Å². The fourth-order valence-corrected chi connectivity index (χ4v) is 4.64. The molecule has 5 aromatic rings. The van der Waals surface area contributed by atoms with E-state index >= 15 is 0 Å². The number of nitrogens with zero attached hydrogens (tertiary/aromatic N) is 4. The Morgan fingerprint density at radius 1 is 1.22 bits per heavy atom. The summed E-state index contributed by atoms with van der Waals surface area (Å²) in [5.41, 5.74) is 1.28. The van der Waals surface area contributed by atoms with Crippen LogP contribution in [0.2, 0.25) is 4.34 Å². The summed E-state index contributed by atoms with van der Waals surface area (Å²) >= 11 is 7.43. The molecular formula is C25H18ClN5O5S. The maximum atomic E-state index is 13.1. The molecule has 0 aromatic carbocycles. The molecule has 0 saturated carbocycles. The molecule has 37 heavy (non-hydrogen) atoms. The van der Waals surface area contributed by atoms with Crippen molar-refractivity contribution in [3.8, 4) is 11.3 Å². The average molecular weight is 536 g/mol. The number of carbonyl (C=O) groups excluding carboxylic acids is 2. The van der Waals surface area contributed by atoms with E-state index in [-0.39, 0.29) is 18.1 Å². The van der Waals surface area contributed by atoms with Gasteiger partial charge in [-0.3, -0.25) is 14.4 Å². The Balaban J connectivity index is 1.51. The minimum atomic E-state index is -0.547. The monoisotopic (exact) mass is 535 g/mol. The van der Waals surface area contributed by atoms with Gasteiger partial charge in [0, 0.05) is 34.8 Å². The third-order valence-corrected chi connectivity index (χ3v) is 6.66. The first-order valence-corrected chi connectivity index (χ1v) is 12.1. The largest absolute Gasteiger partial charge is 0.472 e. The van der Waals surface area contributed by atoms with E-state index < -0.39 is 11.5 Å². The number of hydrogen-bond acceptors (Lipinski definition) is 9. The van der Waals surface area contributed by atoms with Gasteiger partial charge in [0.05, 0.1) is 41.1 Å². The first kappa shape index (κ1) is 24.2. The second-order valence-corrected chi connectivity index (χ2v) is 9.62. The van der Waals surface area contributed by atoms with E-state index in [1.165, 1.54) is 59.0 Å². The van der Waals surface area contributed by atoms with Crippen molar-refractivity contribution in [3.05, 3.63) is 104 Å². The zero-order valence-corrected chi connectivity index (χ0v) is 20.7. The second-order valence-electron chi connectivity index (χ2n) is 7.82. The Bertz CT molecular complexity index is 1650. The number of hydrogen-bond donors (Lipinski definition) is 1. The Hall–Kier alpha value is -4.48. The van der Waals surface area contributed by atoms with Gasteiger partial charge in [-0.2, -0.15) is 9.78 Å². The van der Waals surface area contributed by atoms with E-state index in [2.05, 4.69) is 22.2 Å². The molecule has 0 aliphatic heterocycles. The van der Waals surface area contributed by atoms with Crippen LogP contribution in [0.3, 0.4) is 0 Å². The lowest BCUT2D eigenvalue weighted by molar-refractivity contribution is 0.0910. The van der Waals surface area contributed by atoms with Crippen LogP contribution in [0, 0.1) is 0 Å². The van der Waals surface area contributed by atoms with Crippen LogP contribution in [0.15, 0.2) is 81.6 Å². The molecule has 0 unspecified atom stereocenters. The number of aromatic nitrogens is 4. The number of carbonyl (C=O) groups is 2. The van der Waals surface area contributed by atoms with Crippen LogP contribution in [0.1, 0.15) is 31.4 Å². The molecule has 0 fully saturated rings. The minimum absolute atomic E-state index is 0.00557. The summed E-state index contributed by atoms with van der Waals surface area (Å²) < 4.78 is 13.0. The number of furan rings is 1. The second kappa shape index (κ2) is 10.2. The van der Waals surface area contributed by atoms with Gasteiger partial charge in [0.1, 0.15) is 12.1 Å². The Kier molecular flexibility index (Phi) is 6.71. The maximum Gasteiger partial charge on any atom is 0.318 e. The summed E-state index contributed by atoms with van der Waals surface area (Å²) in [5.74, 6) is -0.459. The van der Waals surface area contributed by atoms with E-state index in [1.54, 1.807) is 18.2 Å². The number of halogens is 1. The van der Waals surface area contributed by atoms with Crippen molar-refractivity contribution in [3.63, 3.8) is 0 Å². The van der Waals surface area contributed by atoms with Gasteiger partial charge in [-0.25, -0.2) is 0 Å². The molecule has 0 spiro atoms. The summed E-state index contributed by atoms with van der Waals surface area (Å²) in [7, 11) is 0. The molecule has 0 amide bonds. The predicted octanol–water partition coefficient (Wildman–Crippen LogP) is 4.83. The van der Waals surface area contributed by atoms with Gasteiger partial charge in [0.2, 0.25) is 5.76 Å². The van der Waals surface area contributed by atoms with Gasteiger partial charge >= 0.3 is 5.91 Å². The lowest BCUT2D eigenvalue weighted by atomic mass is 10.1. The third kappa shape index (κ3) is 5.08. The van der Waals surface area contributed by atoms with Crippen LogP contribution in [0.4, 0.5) is 5.82 Å². The number of Topliss-reactive ketones (excluding diaryl/α,β-unsaturated/α-hetero) is 1.